The number of fused-ring (bicyclic) bond motifs is 1. The van der Waals surface area contributed by atoms with Gasteiger partial charge in [-0.05, 0) is 25.0 Å². The largest absolute Gasteiger partial charge is 0.462 e. The third-order valence-corrected chi connectivity index (χ3v) is 5.67. The van der Waals surface area contributed by atoms with E-state index in [4.69, 9.17) is 9.47 Å². The van der Waals surface area contributed by atoms with E-state index in [0.29, 0.717) is 23.4 Å². The van der Waals surface area contributed by atoms with Gasteiger partial charge >= 0.3 is 12.1 Å². The van der Waals surface area contributed by atoms with E-state index in [9.17, 15) is 24.5 Å². The van der Waals surface area contributed by atoms with Crippen molar-refractivity contribution in [2.45, 2.75) is 19.9 Å². The van der Waals surface area contributed by atoms with Crippen LogP contribution in [0.15, 0.2) is 24.3 Å². The van der Waals surface area contributed by atoms with Gasteiger partial charge in [-0.2, -0.15) is 0 Å². The molecule has 1 N–H and O–H groups in total. The number of esters is 1. The number of ether oxygens (including phenoxy) is 2. The smallest absolute Gasteiger partial charge is 0.409 e. The van der Waals surface area contributed by atoms with E-state index < -0.39 is 22.9 Å². The first-order chi connectivity index (χ1) is 14.4. The SMILES string of the molecule is CCOC(=O)c1c(NC(=O)c2ccccc2[N+](=O)[O-])sc2c1CCN(C(=O)OC)C2. The summed E-state index contributed by atoms with van der Waals surface area (Å²) in [6.07, 6.45) is -0.103. The number of carbonyl (C=O) groups excluding carboxylic acids is 3. The average molecular weight is 433 g/mol. The van der Waals surface area contributed by atoms with Gasteiger partial charge in [0, 0.05) is 17.5 Å². The maximum Gasteiger partial charge on any atom is 0.409 e. The third-order valence-electron chi connectivity index (χ3n) is 4.54. The van der Waals surface area contributed by atoms with E-state index >= 15 is 0 Å². The molecule has 0 atom stereocenters. The van der Waals surface area contributed by atoms with Crippen molar-refractivity contribution in [3.8, 4) is 0 Å². The number of benzene rings is 1. The first-order valence-electron chi connectivity index (χ1n) is 9.06. The molecule has 1 aromatic heterocycles. The molecule has 30 heavy (non-hydrogen) atoms. The minimum absolute atomic E-state index is 0.125. The van der Waals surface area contributed by atoms with Crippen LogP contribution in [0.1, 0.15) is 38.1 Å². The van der Waals surface area contributed by atoms with Crippen molar-refractivity contribution in [2.24, 2.45) is 0 Å². The van der Waals surface area contributed by atoms with E-state index in [0.717, 1.165) is 11.3 Å². The third kappa shape index (κ3) is 4.10. The molecule has 3 rings (SSSR count). The van der Waals surface area contributed by atoms with Crippen LogP contribution in [-0.4, -0.2) is 48.1 Å². The van der Waals surface area contributed by atoms with Crippen LogP contribution in [0.3, 0.4) is 0 Å². The molecule has 0 spiro atoms. The molecule has 1 aromatic carbocycles. The number of hydrogen-bond donors (Lipinski definition) is 1. The summed E-state index contributed by atoms with van der Waals surface area (Å²) in [5, 5.41) is 14.1. The Morgan fingerprint density at radius 2 is 2.03 bits per heavy atom. The second-order valence-corrected chi connectivity index (χ2v) is 7.40. The zero-order valence-electron chi connectivity index (χ0n) is 16.3. The van der Waals surface area contributed by atoms with Crippen molar-refractivity contribution in [2.75, 3.05) is 25.6 Å². The van der Waals surface area contributed by atoms with E-state index in [1.54, 1.807) is 6.92 Å². The number of para-hydroxylation sites is 1. The topological polar surface area (TPSA) is 128 Å². The molecule has 0 radical (unpaired) electrons. The lowest BCUT2D eigenvalue weighted by molar-refractivity contribution is -0.385. The molecule has 1 aliphatic heterocycles. The number of nitrogens with zero attached hydrogens (tertiary/aromatic N) is 2. The molecule has 0 aliphatic carbocycles. The quantitative estimate of drug-likeness (QED) is 0.435. The second kappa shape index (κ2) is 8.91. The summed E-state index contributed by atoms with van der Waals surface area (Å²) in [6.45, 7) is 2.39. The number of anilines is 1. The number of rotatable bonds is 5. The fourth-order valence-electron chi connectivity index (χ4n) is 3.19. The van der Waals surface area contributed by atoms with Crippen molar-refractivity contribution >= 4 is 40.0 Å². The zero-order valence-corrected chi connectivity index (χ0v) is 17.1. The molecule has 10 nitrogen and oxygen atoms in total. The number of methoxy groups -OCH3 is 1. The summed E-state index contributed by atoms with van der Waals surface area (Å²) in [6, 6.07) is 5.55. The Hall–Kier alpha value is -3.47. The maximum atomic E-state index is 12.8. The van der Waals surface area contributed by atoms with Gasteiger partial charge < -0.3 is 19.7 Å². The number of nitrogens with one attached hydrogen (secondary N) is 1. The predicted octanol–water partition coefficient (Wildman–Crippen LogP) is 3.21. The lowest BCUT2D eigenvalue weighted by atomic mass is 10.0. The maximum absolute atomic E-state index is 12.8. The molecular formula is C19H19N3O7S. The Morgan fingerprint density at radius 3 is 2.70 bits per heavy atom. The Bertz CT molecular complexity index is 1020. The monoisotopic (exact) mass is 433 g/mol. The Balaban J connectivity index is 1.97. The van der Waals surface area contributed by atoms with Crippen LogP contribution in [0.25, 0.3) is 0 Å². The van der Waals surface area contributed by atoms with Crippen LogP contribution in [0.5, 0.6) is 0 Å². The highest BCUT2D eigenvalue weighted by atomic mass is 32.1. The molecule has 0 bridgehead atoms. The first-order valence-corrected chi connectivity index (χ1v) is 9.88. The van der Waals surface area contributed by atoms with E-state index in [1.165, 1.54) is 36.3 Å². The van der Waals surface area contributed by atoms with Crippen LogP contribution in [-0.2, 0) is 22.4 Å². The highest BCUT2D eigenvalue weighted by Crippen LogP contribution is 2.38. The molecule has 0 fully saturated rings. The van der Waals surface area contributed by atoms with Crippen LogP contribution in [0.2, 0.25) is 0 Å². The van der Waals surface area contributed by atoms with Crippen LogP contribution >= 0.6 is 11.3 Å². The summed E-state index contributed by atoms with van der Waals surface area (Å²) >= 11 is 1.13. The van der Waals surface area contributed by atoms with Gasteiger partial charge in [0.05, 0.1) is 30.7 Å². The molecular weight excluding hydrogens is 414 g/mol. The van der Waals surface area contributed by atoms with Crippen molar-refractivity contribution in [1.82, 2.24) is 4.90 Å². The van der Waals surface area contributed by atoms with Gasteiger partial charge in [-0.25, -0.2) is 9.59 Å². The predicted molar refractivity (Wildman–Crippen MR) is 108 cm³/mol. The molecule has 2 amide bonds. The van der Waals surface area contributed by atoms with Gasteiger partial charge in [0.25, 0.3) is 11.6 Å². The van der Waals surface area contributed by atoms with Gasteiger partial charge in [0.2, 0.25) is 0 Å². The van der Waals surface area contributed by atoms with Crippen molar-refractivity contribution in [3.05, 3.63) is 55.9 Å². The minimum Gasteiger partial charge on any atom is -0.462 e. The summed E-state index contributed by atoms with van der Waals surface area (Å²) in [5.74, 6) is -1.31. The number of carbonyl (C=O) groups is 3. The molecule has 158 valence electrons. The van der Waals surface area contributed by atoms with Crippen LogP contribution in [0, 0.1) is 10.1 Å². The van der Waals surface area contributed by atoms with Crippen molar-refractivity contribution in [1.29, 1.82) is 0 Å². The highest BCUT2D eigenvalue weighted by molar-refractivity contribution is 7.17. The van der Waals surface area contributed by atoms with E-state index in [1.807, 2.05) is 0 Å². The standard InChI is InChI=1S/C19H19N3O7S/c1-3-29-18(24)15-12-8-9-21(19(25)28-2)10-14(12)30-17(15)20-16(23)11-6-4-5-7-13(11)22(26)27/h4-7H,3,8-10H2,1-2H3,(H,20,23). The van der Waals surface area contributed by atoms with Crippen molar-refractivity contribution in [3.63, 3.8) is 0 Å². The molecule has 11 heteroatoms. The molecule has 2 heterocycles. The van der Waals surface area contributed by atoms with Crippen LogP contribution in [0.4, 0.5) is 15.5 Å². The van der Waals surface area contributed by atoms with E-state index in [2.05, 4.69) is 5.32 Å². The summed E-state index contributed by atoms with van der Waals surface area (Å²) in [5.41, 5.74) is 0.440. The Morgan fingerprint density at radius 1 is 1.30 bits per heavy atom. The Kier molecular flexibility index (Phi) is 6.31. The zero-order chi connectivity index (χ0) is 21.8. The summed E-state index contributed by atoms with van der Waals surface area (Å²) < 4.78 is 9.89. The number of nitro groups is 1. The number of hydrogen-bond acceptors (Lipinski definition) is 8. The minimum atomic E-state index is -0.712. The normalized spacial score (nSPS) is 12.7. The van der Waals surface area contributed by atoms with Gasteiger partial charge in [-0.1, -0.05) is 12.1 Å². The second-order valence-electron chi connectivity index (χ2n) is 6.30. The molecule has 2 aromatic rings. The van der Waals surface area contributed by atoms with Crippen LogP contribution < -0.4 is 5.32 Å². The molecule has 0 unspecified atom stereocenters. The van der Waals surface area contributed by atoms with E-state index in [-0.39, 0.29) is 35.0 Å². The number of nitro benzene ring substituents is 1. The molecule has 0 saturated heterocycles. The highest BCUT2D eigenvalue weighted by Gasteiger charge is 2.32. The number of thiophene rings is 1. The molecule has 0 saturated carbocycles. The van der Waals surface area contributed by atoms with Gasteiger partial charge in [0.15, 0.2) is 0 Å². The van der Waals surface area contributed by atoms with Gasteiger partial charge in [-0.15, -0.1) is 11.3 Å². The summed E-state index contributed by atoms with van der Waals surface area (Å²) in [4.78, 5) is 50.0. The van der Waals surface area contributed by atoms with Crippen molar-refractivity contribution < 1.29 is 28.8 Å². The lowest BCUT2D eigenvalue weighted by Crippen LogP contribution is -2.35. The van der Waals surface area contributed by atoms with Gasteiger partial charge in [-0.3, -0.25) is 14.9 Å². The lowest BCUT2D eigenvalue weighted by Gasteiger charge is -2.25. The Labute approximate surface area is 175 Å². The fourth-order valence-corrected chi connectivity index (χ4v) is 4.44. The summed E-state index contributed by atoms with van der Waals surface area (Å²) in [7, 11) is 1.29. The first kappa shape index (κ1) is 21.2. The fraction of sp³-hybridized carbons (Fsp3) is 0.316. The van der Waals surface area contributed by atoms with Gasteiger partial charge in [0.1, 0.15) is 10.6 Å². The molecule has 1 aliphatic rings. The average Bonchev–Trinajstić information content (AvgIpc) is 3.10. The number of amides is 2.